The number of fused-ring (bicyclic) bond motifs is 1. The van der Waals surface area contributed by atoms with Crippen molar-refractivity contribution < 1.29 is 9.29 Å². The van der Waals surface area contributed by atoms with Gasteiger partial charge in [0.1, 0.15) is 5.82 Å². The van der Waals surface area contributed by atoms with Crippen LogP contribution in [-0.2, 0) is 0 Å². The van der Waals surface area contributed by atoms with Crippen LogP contribution in [0.3, 0.4) is 0 Å². The number of benzene rings is 1. The first-order valence-electron chi connectivity index (χ1n) is 8.63. The van der Waals surface area contributed by atoms with E-state index in [4.69, 9.17) is 5.41 Å². The number of likely N-dealkylation sites (N-methyl/N-ethyl adjacent to an activating group) is 1. The zero-order valence-corrected chi connectivity index (χ0v) is 14.5. The lowest BCUT2D eigenvalue weighted by Gasteiger charge is -2.45. The largest absolute Gasteiger partial charge is 0.331 e. The molecule has 5 nitrogen and oxygen atoms in total. The van der Waals surface area contributed by atoms with Crippen LogP contribution in [0.15, 0.2) is 35.9 Å². The summed E-state index contributed by atoms with van der Waals surface area (Å²) >= 11 is 0. The average molecular weight is 348 g/mol. The number of hydrogen-bond acceptors (Lipinski definition) is 4. The summed E-state index contributed by atoms with van der Waals surface area (Å²) in [6.07, 6.45) is 1.86. The Kier molecular flexibility index (Phi) is 4.60. The standard InChI is InChI=1S/C20H18FN5/c1-2-26-8-7-16-15(10-26)18(13-5-3-4-6-17(13)21)14(9-22)19(25)20(16,11-23)12-24/h3-7,14-15,18,25H,2,8,10H2,1H3/p+1/t14-,15-,18-/m1/s1. The molecule has 2 N–H and O–H groups in total. The predicted molar refractivity (Wildman–Crippen MR) is 92.4 cm³/mol. The van der Waals surface area contributed by atoms with Gasteiger partial charge in [0.05, 0.1) is 49.5 Å². The summed E-state index contributed by atoms with van der Waals surface area (Å²) in [6, 6.07) is 12.4. The van der Waals surface area contributed by atoms with Gasteiger partial charge in [0.25, 0.3) is 0 Å². The van der Waals surface area contributed by atoms with Crippen molar-refractivity contribution >= 4 is 5.71 Å². The molecule has 2 aliphatic rings. The molecule has 4 atom stereocenters. The van der Waals surface area contributed by atoms with Crippen LogP contribution in [0.1, 0.15) is 18.4 Å². The van der Waals surface area contributed by atoms with Gasteiger partial charge in [-0.25, -0.2) is 4.39 Å². The Balaban J connectivity index is 2.25. The molecule has 0 radical (unpaired) electrons. The van der Waals surface area contributed by atoms with Crippen LogP contribution >= 0.6 is 0 Å². The Hall–Kier alpha value is -3.01. The molecular formula is C20H19FN5+. The molecule has 1 aliphatic carbocycles. The Labute approximate surface area is 152 Å². The summed E-state index contributed by atoms with van der Waals surface area (Å²) in [5, 5.41) is 37.8. The van der Waals surface area contributed by atoms with Crippen molar-refractivity contribution in [3.8, 4) is 18.2 Å². The van der Waals surface area contributed by atoms with Crippen molar-refractivity contribution in [2.45, 2.75) is 12.8 Å². The molecule has 0 amide bonds. The number of halogens is 1. The van der Waals surface area contributed by atoms with E-state index >= 15 is 0 Å². The van der Waals surface area contributed by atoms with Crippen LogP contribution in [-0.4, -0.2) is 25.3 Å². The highest BCUT2D eigenvalue weighted by atomic mass is 19.1. The van der Waals surface area contributed by atoms with Gasteiger partial charge in [0.2, 0.25) is 5.41 Å². The van der Waals surface area contributed by atoms with Crippen LogP contribution < -0.4 is 4.90 Å². The van der Waals surface area contributed by atoms with E-state index in [1.54, 1.807) is 18.2 Å². The number of rotatable bonds is 2. The highest BCUT2D eigenvalue weighted by molar-refractivity contribution is 6.01. The van der Waals surface area contributed by atoms with Crippen molar-refractivity contribution in [2.24, 2.45) is 17.3 Å². The molecule has 6 heteroatoms. The first-order chi connectivity index (χ1) is 12.5. The third-order valence-electron chi connectivity index (χ3n) is 5.70. The van der Waals surface area contributed by atoms with Gasteiger partial charge >= 0.3 is 0 Å². The van der Waals surface area contributed by atoms with E-state index in [2.05, 4.69) is 6.07 Å². The van der Waals surface area contributed by atoms with E-state index < -0.39 is 23.1 Å². The molecule has 1 aromatic carbocycles. The maximum atomic E-state index is 14.6. The molecule has 1 aliphatic heterocycles. The lowest BCUT2D eigenvalue weighted by Crippen LogP contribution is -3.13. The van der Waals surface area contributed by atoms with Gasteiger partial charge in [-0.3, -0.25) is 0 Å². The summed E-state index contributed by atoms with van der Waals surface area (Å²) in [5.41, 5.74) is -1.03. The summed E-state index contributed by atoms with van der Waals surface area (Å²) in [5.74, 6) is -2.33. The zero-order chi connectivity index (χ0) is 18.9. The van der Waals surface area contributed by atoms with E-state index in [0.717, 1.165) is 6.54 Å². The summed E-state index contributed by atoms with van der Waals surface area (Å²) < 4.78 is 14.6. The van der Waals surface area contributed by atoms with Gasteiger partial charge in [-0.2, -0.15) is 15.8 Å². The quantitative estimate of drug-likeness (QED) is 0.794. The number of nitrogens with zero attached hydrogens (tertiary/aromatic N) is 3. The molecule has 1 aromatic rings. The van der Waals surface area contributed by atoms with Crippen LogP contribution in [0, 0.1) is 62.5 Å². The third kappa shape index (κ3) is 2.41. The van der Waals surface area contributed by atoms with Crippen molar-refractivity contribution in [1.29, 1.82) is 21.2 Å². The summed E-state index contributed by atoms with van der Waals surface area (Å²) in [7, 11) is 0. The van der Waals surface area contributed by atoms with Crippen molar-refractivity contribution in [3.05, 3.63) is 47.3 Å². The Morgan fingerprint density at radius 3 is 2.54 bits per heavy atom. The van der Waals surface area contributed by atoms with Gasteiger partial charge in [-0.1, -0.05) is 18.2 Å². The molecule has 0 saturated heterocycles. The highest BCUT2D eigenvalue weighted by Crippen LogP contribution is 2.51. The molecule has 26 heavy (non-hydrogen) atoms. The number of nitriles is 3. The van der Waals surface area contributed by atoms with Gasteiger partial charge in [0.15, 0.2) is 0 Å². The molecule has 1 heterocycles. The second-order valence-corrected chi connectivity index (χ2v) is 6.82. The fraction of sp³-hybridized carbons (Fsp3) is 0.400. The van der Waals surface area contributed by atoms with Crippen LogP contribution in [0.25, 0.3) is 0 Å². The minimum atomic E-state index is -1.73. The van der Waals surface area contributed by atoms with E-state index in [0.29, 0.717) is 24.2 Å². The molecule has 130 valence electrons. The van der Waals surface area contributed by atoms with Crippen molar-refractivity contribution in [3.63, 3.8) is 0 Å². The molecule has 1 fully saturated rings. The second kappa shape index (κ2) is 6.71. The highest BCUT2D eigenvalue weighted by Gasteiger charge is 2.57. The molecule has 1 saturated carbocycles. The monoisotopic (exact) mass is 348 g/mol. The normalized spacial score (nSPS) is 29.5. The average Bonchev–Trinajstić information content (AvgIpc) is 2.68. The Morgan fingerprint density at radius 1 is 1.27 bits per heavy atom. The summed E-state index contributed by atoms with van der Waals surface area (Å²) in [4.78, 5) is 1.25. The zero-order valence-electron chi connectivity index (χ0n) is 14.5. The van der Waals surface area contributed by atoms with Crippen molar-refractivity contribution in [1.82, 2.24) is 0 Å². The Bertz CT molecular complexity index is 884. The van der Waals surface area contributed by atoms with Crippen LogP contribution in [0.5, 0.6) is 0 Å². The van der Waals surface area contributed by atoms with Gasteiger partial charge in [-0.15, -0.1) is 0 Å². The molecule has 0 spiro atoms. The van der Waals surface area contributed by atoms with Gasteiger partial charge in [0, 0.05) is 11.8 Å². The molecule has 1 unspecified atom stereocenters. The first kappa shape index (κ1) is 17.8. The third-order valence-corrected chi connectivity index (χ3v) is 5.70. The minimum Gasteiger partial charge on any atom is -0.331 e. The fourth-order valence-corrected chi connectivity index (χ4v) is 4.31. The number of quaternary nitrogens is 1. The number of hydrogen-bond donors (Lipinski definition) is 2. The maximum absolute atomic E-state index is 14.6. The fourth-order valence-electron chi connectivity index (χ4n) is 4.31. The smallest absolute Gasteiger partial charge is 0.203 e. The Morgan fingerprint density at radius 2 is 1.96 bits per heavy atom. The predicted octanol–water partition coefficient (Wildman–Crippen LogP) is 1.58. The second-order valence-electron chi connectivity index (χ2n) is 6.82. The minimum absolute atomic E-state index is 0.235. The van der Waals surface area contributed by atoms with Crippen molar-refractivity contribution in [2.75, 3.05) is 19.6 Å². The van der Waals surface area contributed by atoms with Gasteiger partial charge < -0.3 is 10.3 Å². The lowest BCUT2D eigenvalue weighted by molar-refractivity contribution is -0.897. The summed E-state index contributed by atoms with van der Waals surface area (Å²) in [6.45, 7) is 4.16. The topological polar surface area (TPSA) is 99.7 Å². The van der Waals surface area contributed by atoms with Gasteiger partial charge in [-0.05, 0) is 30.2 Å². The SMILES string of the molecule is CC[NH+]1CC=C2[C@@H](C1)[C@H](c1ccccc1F)[C@@H](C#N)C(=N)C2(C#N)C#N. The maximum Gasteiger partial charge on any atom is 0.203 e. The van der Waals surface area contributed by atoms with E-state index in [9.17, 15) is 20.2 Å². The van der Waals surface area contributed by atoms with E-state index in [1.165, 1.54) is 11.0 Å². The molecule has 0 bridgehead atoms. The first-order valence-corrected chi connectivity index (χ1v) is 8.63. The molecule has 3 rings (SSSR count). The van der Waals surface area contributed by atoms with Crippen LogP contribution in [0.4, 0.5) is 4.39 Å². The lowest BCUT2D eigenvalue weighted by atomic mass is 9.55. The number of nitrogens with one attached hydrogen (secondary N) is 2. The van der Waals surface area contributed by atoms with Crippen LogP contribution in [0.2, 0.25) is 0 Å². The molecular weight excluding hydrogens is 329 g/mol. The van der Waals surface area contributed by atoms with E-state index in [1.807, 2.05) is 25.1 Å². The van der Waals surface area contributed by atoms with E-state index in [-0.39, 0.29) is 11.6 Å². The molecule has 0 aromatic heterocycles.